The lowest BCUT2D eigenvalue weighted by molar-refractivity contribution is 0.0956. The highest BCUT2D eigenvalue weighted by Gasteiger charge is 2.26. The molecule has 0 bridgehead atoms. The third kappa shape index (κ3) is 1.16. The van der Waals surface area contributed by atoms with Crippen molar-refractivity contribution in [3.05, 3.63) is 0 Å². The molecular formula is C4H6BNO3. The van der Waals surface area contributed by atoms with Crippen LogP contribution in [0.3, 0.4) is 0 Å². The van der Waals surface area contributed by atoms with Gasteiger partial charge in [-0.2, -0.15) is 0 Å². The minimum atomic E-state index is -0.575. The molecule has 48 valence electrons. The Bertz CT molecular complexity index is 129. The molecule has 1 unspecified atom stereocenters. The highest BCUT2D eigenvalue weighted by atomic mass is 16.6. The fraction of sp³-hybridized carbons (Fsp3) is 0.750. The second-order valence-electron chi connectivity index (χ2n) is 1.84. The number of ether oxygens (including phenoxy) is 1. The van der Waals surface area contributed by atoms with Crippen LogP contribution < -0.4 is 0 Å². The van der Waals surface area contributed by atoms with Crippen molar-refractivity contribution >= 4 is 14.1 Å². The van der Waals surface area contributed by atoms with Crippen molar-refractivity contribution in [2.24, 2.45) is 0 Å². The Balaban J connectivity index is 2.44. The first-order chi connectivity index (χ1) is 4.24. The maximum atomic E-state index is 10.4. The zero-order valence-electron chi connectivity index (χ0n) is 4.78. The van der Waals surface area contributed by atoms with Crippen LogP contribution in [0.5, 0.6) is 0 Å². The Kier molecular flexibility index (Phi) is 1.62. The number of carbonyl (C=O) groups excluding carboxylic acids is 1. The molecule has 1 saturated heterocycles. The molecule has 1 fully saturated rings. The van der Waals surface area contributed by atoms with Crippen LogP contribution in [0.4, 0.5) is 4.79 Å². The number of cyclic esters (lactones) is 1. The topological polar surface area (TPSA) is 49.8 Å². The van der Waals surface area contributed by atoms with E-state index in [1.165, 1.54) is 0 Å². The summed E-state index contributed by atoms with van der Waals surface area (Å²) in [6, 6.07) is 0. The lowest BCUT2D eigenvalue weighted by atomic mass is 10.3. The number of hydrogen-bond donors (Lipinski definition) is 1. The van der Waals surface area contributed by atoms with E-state index in [1.807, 2.05) is 0 Å². The van der Waals surface area contributed by atoms with Crippen molar-refractivity contribution in [3.63, 3.8) is 0 Å². The predicted octanol–water partition coefficient (Wildman–Crippen LogP) is -1.12. The number of amides is 1. The van der Waals surface area contributed by atoms with Crippen molar-refractivity contribution < 1.29 is 14.6 Å². The summed E-state index contributed by atoms with van der Waals surface area (Å²) < 4.78 is 4.53. The average Bonchev–Trinajstić information content (AvgIpc) is 2.13. The molecule has 0 aromatic heterocycles. The maximum absolute atomic E-state index is 10.4. The first-order valence-electron chi connectivity index (χ1n) is 2.57. The summed E-state index contributed by atoms with van der Waals surface area (Å²) in [5.74, 6) is 0. The Morgan fingerprint density at radius 1 is 2.00 bits per heavy atom. The normalized spacial score (nSPS) is 26.6. The summed E-state index contributed by atoms with van der Waals surface area (Å²) in [6.07, 6.45) is -1.02. The van der Waals surface area contributed by atoms with E-state index in [9.17, 15) is 4.79 Å². The molecule has 9 heavy (non-hydrogen) atoms. The van der Waals surface area contributed by atoms with Gasteiger partial charge in [-0.05, 0) is 0 Å². The Morgan fingerprint density at radius 3 is 2.89 bits per heavy atom. The van der Waals surface area contributed by atoms with Gasteiger partial charge in [-0.15, -0.1) is 0 Å². The fourth-order valence-corrected chi connectivity index (χ4v) is 0.636. The quantitative estimate of drug-likeness (QED) is 0.454. The highest BCUT2D eigenvalue weighted by molar-refractivity contribution is 6.13. The molecule has 0 saturated carbocycles. The molecule has 0 spiro atoms. The number of carbonyl (C=O) groups is 1. The Morgan fingerprint density at radius 2 is 2.67 bits per heavy atom. The van der Waals surface area contributed by atoms with Crippen molar-refractivity contribution in [2.45, 2.75) is 6.10 Å². The van der Waals surface area contributed by atoms with E-state index in [2.05, 4.69) is 4.74 Å². The summed E-state index contributed by atoms with van der Waals surface area (Å²) in [6.45, 7) is 0.106. The molecule has 0 aliphatic carbocycles. The molecule has 1 aliphatic heterocycles. The van der Waals surface area contributed by atoms with Gasteiger partial charge in [-0.1, -0.05) is 0 Å². The molecule has 0 aromatic rings. The Hall–Kier alpha value is -0.705. The average molecular weight is 127 g/mol. The van der Waals surface area contributed by atoms with Gasteiger partial charge in [-0.25, -0.2) is 4.79 Å². The van der Waals surface area contributed by atoms with Crippen LogP contribution in [0, 0.1) is 0 Å². The summed E-state index contributed by atoms with van der Waals surface area (Å²) in [4.78, 5) is 11.3. The van der Waals surface area contributed by atoms with Gasteiger partial charge in [0.1, 0.15) is 6.10 Å². The van der Waals surface area contributed by atoms with E-state index in [4.69, 9.17) is 13.1 Å². The first kappa shape index (κ1) is 6.42. The van der Waals surface area contributed by atoms with Crippen molar-refractivity contribution in [3.8, 4) is 0 Å². The third-order valence-electron chi connectivity index (χ3n) is 1.11. The van der Waals surface area contributed by atoms with Crippen LogP contribution in [0.15, 0.2) is 0 Å². The van der Waals surface area contributed by atoms with Crippen LogP contribution in [0.2, 0.25) is 0 Å². The number of aliphatic hydroxyl groups excluding tert-OH is 1. The molecule has 0 aromatic carbocycles. The van der Waals surface area contributed by atoms with Gasteiger partial charge in [0.25, 0.3) is 0 Å². The monoisotopic (exact) mass is 127 g/mol. The van der Waals surface area contributed by atoms with E-state index in [0.717, 1.165) is 4.81 Å². The summed E-state index contributed by atoms with van der Waals surface area (Å²) in [5, 5.41) is 8.44. The first-order valence-corrected chi connectivity index (χ1v) is 2.57. The summed E-state index contributed by atoms with van der Waals surface area (Å²) in [7, 11) is 5.09. The van der Waals surface area contributed by atoms with Gasteiger partial charge >= 0.3 is 6.09 Å². The molecule has 4 nitrogen and oxygen atoms in total. The van der Waals surface area contributed by atoms with Gasteiger partial charge in [0.2, 0.25) is 7.98 Å². The molecule has 1 amide bonds. The number of hydrogen-bond acceptors (Lipinski definition) is 3. The minimum Gasteiger partial charge on any atom is -0.443 e. The highest BCUT2D eigenvalue weighted by Crippen LogP contribution is 2.06. The van der Waals surface area contributed by atoms with Gasteiger partial charge < -0.3 is 14.7 Å². The minimum absolute atomic E-state index is 0.167. The van der Waals surface area contributed by atoms with E-state index in [-0.39, 0.29) is 13.2 Å². The van der Waals surface area contributed by atoms with Crippen LogP contribution >= 0.6 is 0 Å². The number of rotatable bonds is 1. The molecule has 5 heteroatoms. The SMILES string of the molecule is [B]N1CC(CO)OC1=O. The van der Waals surface area contributed by atoms with Crippen LogP contribution in [0.25, 0.3) is 0 Å². The van der Waals surface area contributed by atoms with E-state index in [0.29, 0.717) is 0 Å². The second-order valence-corrected chi connectivity index (χ2v) is 1.84. The van der Waals surface area contributed by atoms with Gasteiger partial charge in [0.15, 0.2) is 0 Å². The molecule has 1 atom stereocenters. The summed E-state index contributed by atoms with van der Waals surface area (Å²) in [5.41, 5.74) is 0. The fourth-order valence-electron chi connectivity index (χ4n) is 0.636. The van der Waals surface area contributed by atoms with Crippen LogP contribution in [-0.4, -0.2) is 43.2 Å². The molecule has 1 aliphatic rings. The van der Waals surface area contributed by atoms with Crippen molar-refractivity contribution in [1.29, 1.82) is 0 Å². The smallest absolute Gasteiger partial charge is 0.397 e. The molecule has 1 N–H and O–H groups in total. The largest absolute Gasteiger partial charge is 0.443 e. The molecule has 1 heterocycles. The van der Waals surface area contributed by atoms with E-state index >= 15 is 0 Å². The van der Waals surface area contributed by atoms with Crippen molar-refractivity contribution in [1.82, 2.24) is 4.81 Å². The zero-order chi connectivity index (χ0) is 6.85. The second kappa shape index (κ2) is 2.27. The standard InChI is InChI=1S/C4H6BNO3/c5-6-1-3(2-7)9-4(6)8/h3,7H,1-2H2. The van der Waals surface area contributed by atoms with Gasteiger partial charge in [0.05, 0.1) is 6.61 Å². The lowest BCUT2D eigenvalue weighted by Gasteiger charge is -2.01. The predicted molar refractivity (Wildman–Crippen MR) is 29.8 cm³/mol. The molecular weight excluding hydrogens is 121 g/mol. The summed E-state index contributed by atoms with van der Waals surface area (Å²) >= 11 is 0. The van der Waals surface area contributed by atoms with Crippen LogP contribution in [0.1, 0.15) is 0 Å². The number of nitrogens with zero attached hydrogens (tertiary/aromatic N) is 1. The van der Waals surface area contributed by atoms with Gasteiger partial charge in [-0.3, -0.25) is 0 Å². The molecule has 1 rings (SSSR count). The van der Waals surface area contributed by atoms with Crippen LogP contribution in [-0.2, 0) is 4.74 Å². The lowest BCUT2D eigenvalue weighted by Crippen LogP contribution is -2.22. The van der Waals surface area contributed by atoms with Gasteiger partial charge in [0, 0.05) is 6.54 Å². The maximum Gasteiger partial charge on any atom is 0.397 e. The van der Waals surface area contributed by atoms with E-state index in [1.54, 1.807) is 0 Å². The molecule has 2 radical (unpaired) electrons. The number of aliphatic hydroxyl groups is 1. The van der Waals surface area contributed by atoms with Crippen molar-refractivity contribution in [2.75, 3.05) is 13.2 Å². The zero-order valence-corrected chi connectivity index (χ0v) is 4.78. The van der Waals surface area contributed by atoms with E-state index < -0.39 is 12.2 Å². The Labute approximate surface area is 53.8 Å². The third-order valence-corrected chi connectivity index (χ3v) is 1.11.